The first-order valence-corrected chi connectivity index (χ1v) is 6.74. The summed E-state index contributed by atoms with van der Waals surface area (Å²) in [5.74, 6) is 0.738. The molecule has 0 bridgehead atoms. The molecule has 0 spiro atoms. The maximum absolute atomic E-state index is 5.85. The van der Waals surface area contributed by atoms with Gasteiger partial charge in [0.05, 0.1) is 6.54 Å². The Hall–Kier alpha value is -1.28. The van der Waals surface area contributed by atoms with Crippen LogP contribution >= 0.6 is 35.6 Å². The number of benzene rings is 1. The van der Waals surface area contributed by atoms with E-state index in [1.165, 1.54) is 5.56 Å². The molecular formula is C14H18ClIN4O. The van der Waals surface area contributed by atoms with Crippen LogP contribution in [0.4, 0.5) is 0 Å². The van der Waals surface area contributed by atoms with E-state index in [9.17, 15) is 0 Å². The van der Waals surface area contributed by atoms with Crippen molar-refractivity contribution in [3.63, 3.8) is 0 Å². The third kappa shape index (κ3) is 6.34. The van der Waals surface area contributed by atoms with E-state index in [4.69, 9.17) is 16.1 Å². The van der Waals surface area contributed by atoms with Crippen molar-refractivity contribution in [1.82, 2.24) is 15.8 Å². The lowest BCUT2D eigenvalue weighted by Gasteiger charge is -2.10. The van der Waals surface area contributed by atoms with E-state index >= 15 is 0 Å². The van der Waals surface area contributed by atoms with Crippen molar-refractivity contribution in [3.8, 4) is 0 Å². The van der Waals surface area contributed by atoms with Crippen LogP contribution in [-0.2, 0) is 13.0 Å². The zero-order valence-electron chi connectivity index (χ0n) is 11.7. The highest BCUT2D eigenvalue weighted by molar-refractivity contribution is 14.0. The molecule has 0 amide bonds. The highest BCUT2D eigenvalue weighted by Gasteiger charge is 2.00. The van der Waals surface area contributed by atoms with Gasteiger partial charge in [0.15, 0.2) is 5.96 Å². The van der Waals surface area contributed by atoms with E-state index < -0.39 is 0 Å². The summed E-state index contributed by atoms with van der Waals surface area (Å²) >= 11 is 5.85. The Bertz CT molecular complexity index is 543. The zero-order chi connectivity index (χ0) is 14.2. The molecule has 0 aliphatic heterocycles. The summed E-state index contributed by atoms with van der Waals surface area (Å²) in [5, 5.41) is 11.0. The average Bonchev–Trinajstić information content (AvgIpc) is 2.98. The molecular weight excluding hydrogens is 403 g/mol. The largest absolute Gasteiger partial charge is 0.364 e. The summed E-state index contributed by atoms with van der Waals surface area (Å²) in [5.41, 5.74) is 2.07. The molecule has 1 aromatic heterocycles. The van der Waals surface area contributed by atoms with Gasteiger partial charge in [0.2, 0.25) is 0 Å². The number of hydrogen-bond donors (Lipinski definition) is 2. The van der Waals surface area contributed by atoms with Crippen LogP contribution in [0.2, 0.25) is 5.02 Å². The minimum atomic E-state index is 0. The van der Waals surface area contributed by atoms with Gasteiger partial charge in [0.25, 0.3) is 0 Å². The number of aliphatic imine (C=N–C) groups is 1. The van der Waals surface area contributed by atoms with Gasteiger partial charge < -0.3 is 15.2 Å². The molecule has 0 aliphatic carbocycles. The van der Waals surface area contributed by atoms with Crippen LogP contribution in [-0.4, -0.2) is 24.7 Å². The summed E-state index contributed by atoms with van der Waals surface area (Å²) in [4.78, 5) is 4.15. The number of halogens is 2. The minimum absolute atomic E-state index is 0. The minimum Gasteiger partial charge on any atom is -0.364 e. The molecule has 1 aromatic carbocycles. The molecule has 0 fully saturated rings. The van der Waals surface area contributed by atoms with Gasteiger partial charge in [-0.15, -0.1) is 24.0 Å². The summed E-state index contributed by atoms with van der Waals surface area (Å²) in [6.07, 6.45) is 2.45. The van der Waals surface area contributed by atoms with Gasteiger partial charge in [-0.3, -0.25) is 4.99 Å². The van der Waals surface area contributed by atoms with E-state index in [1.54, 1.807) is 13.3 Å². The number of guanidine groups is 1. The van der Waals surface area contributed by atoms with E-state index in [1.807, 2.05) is 30.3 Å². The molecule has 0 unspecified atom stereocenters. The van der Waals surface area contributed by atoms with E-state index in [0.29, 0.717) is 6.54 Å². The van der Waals surface area contributed by atoms with Crippen LogP contribution in [0.25, 0.3) is 0 Å². The Morgan fingerprint density at radius 2 is 2.00 bits per heavy atom. The Labute approximate surface area is 146 Å². The molecule has 2 aromatic rings. The van der Waals surface area contributed by atoms with Crippen LogP contribution in [0.3, 0.4) is 0 Å². The van der Waals surface area contributed by atoms with Crippen LogP contribution in [0, 0.1) is 0 Å². The standard InChI is InChI=1S/C14H17ClN4O.HI/c1-16-14(18-10-13-7-9-20-19-13)17-8-6-11-2-4-12(15)5-3-11;/h2-5,7,9H,6,8,10H2,1H3,(H2,16,17,18);1H. The second-order valence-electron chi connectivity index (χ2n) is 4.22. The monoisotopic (exact) mass is 420 g/mol. The molecule has 0 atom stereocenters. The SMILES string of the molecule is CN=C(NCCc1ccc(Cl)cc1)NCc1ccon1.I. The number of hydrogen-bond acceptors (Lipinski definition) is 3. The number of nitrogens with zero attached hydrogens (tertiary/aromatic N) is 2. The second kappa shape index (κ2) is 9.62. The predicted molar refractivity (Wildman–Crippen MR) is 95.3 cm³/mol. The van der Waals surface area contributed by atoms with Crippen molar-refractivity contribution in [2.24, 2.45) is 4.99 Å². The number of nitrogens with one attached hydrogen (secondary N) is 2. The van der Waals surface area contributed by atoms with E-state index in [0.717, 1.165) is 29.6 Å². The van der Waals surface area contributed by atoms with Crippen molar-refractivity contribution in [2.45, 2.75) is 13.0 Å². The van der Waals surface area contributed by atoms with Gasteiger partial charge in [-0.1, -0.05) is 28.9 Å². The molecule has 7 heteroatoms. The van der Waals surface area contributed by atoms with Crippen molar-refractivity contribution in [2.75, 3.05) is 13.6 Å². The van der Waals surface area contributed by atoms with E-state index in [-0.39, 0.29) is 24.0 Å². The Morgan fingerprint density at radius 3 is 2.62 bits per heavy atom. The molecule has 1 heterocycles. The highest BCUT2D eigenvalue weighted by Crippen LogP contribution is 2.09. The van der Waals surface area contributed by atoms with Gasteiger partial charge in [0.1, 0.15) is 12.0 Å². The molecule has 114 valence electrons. The molecule has 0 aliphatic rings. The van der Waals surface area contributed by atoms with Crippen LogP contribution in [0.15, 0.2) is 46.1 Å². The van der Waals surface area contributed by atoms with Crippen LogP contribution < -0.4 is 10.6 Å². The summed E-state index contributed by atoms with van der Waals surface area (Å²) in [6.45, 7) is 1.37. The maximum atomic E-state index is 5.85. The fourth-order valence-corrected chi connectivity index (χ4v) is 1.83. The lowest BCUT2D eigenvalue weighted by Crippen LogP contribution is -2.37. The summed E-state index contributed by atoms with van der Waals surface area (Å²) in [6, 6.07) is 9.66. The number of rotatable bonds is 5. The summed E-state index contributed by atoms with van der Waals surface area (Å²) in [7, 11) is 1.74. The third-order valence-electron chi connectivity index (χ3n) is 2.77. The van der Waals surface area contributed by atoms with Gasteiger partial charge in [-0.2, -0.15) is 0 Å². The lowest BCUT2D eigenvalue weighted by atomic mass is 10.1. The normalized spacial score (nSPS) is 10.9. The first-order chi connectivity index (χ1) is 9.78. The first-order valence-electron chi connectivity index (χ1n) is 6.36. The van der Waals surface area contributed by atoms with Crippen molar-refractivity contribution in [3.05, 3.63) is 52.9 Å². The molecule has 2 rings (SSSR count). The van der Waals surface area contributed by atoms with Crippen molar-refractivity contribution in [1.29, 1.82) is 0 Å². The second-order valence-corrected chi connectivity index (χ2v) is 4.66. The Kier molecular flexibility index (Phi) is 8.14. The van der Waals surface area contributed by atoms with Crippen LogP contribution in [0.5, 0.6) is 0 Å². The molecule has 21 heavy (non-hydrogen) atoms. The lowest BCUT2D eigenvalue weighted by molar-refractivity contribution is 0.410. The van der Waals surface area contributed by atoms with Gasteiger partial charge in [-0.05, 0) is 24.1 Å². The van der Waals surface area contributed by atoms with Gasteiger partial charge in [-0.25, -0.2) is 0 Å². The molecule has 0 saturated heterocycles. The van der Waals surface area contributed by atoms with E-state index in [2.05, 4.69) is 20.8 Å². The van der Waals surface area contributed by atoms with Crippen LogP contribution in [0.1, 0.15) is 11.3 Å². The predicted octanol–water partition coefficient (Wildman–Crippen LogP) is 2.85. The number of aromatic nitrogens is 1. The molecule has 5 nitrogen and oxygen atoms in total. The fourth-order valence-electron chi connectivity index (χ4n) is 1.70. The van der Waals surface area contributed by atoms with Gasteiger partial charge in [0, 0.05) is 24.7 Å². The molecule has 0 saturated carbocycles. The average molecular weight is 421 g/mol. The van der Waals surface area contributed by atoms with Crippen molar-refractivity contribution >= 4 is 41.5 Å². The molecule has 0 radical (unpaired) electrons. The first kappa shape index (κ1) is 17.8. The van der Waals surface area contributed by atoms with Crippen molar-refractivity contribution < 1.29 is 4.52 Å². The topological polar surface area (TPSA) is 62.5 Å². The zero-order valence-corrected chi connectivity index (χ0v) is 14.8. The summed E-state index contributed by atoms with van der Waals surface area (Å²) < 4.78 is 4.77. The molecule has 2 N–H and O–H groups in total. The highest BCUT2D eigenvalue weighted by atomic mass is 127. The smallest absolute Gasteiger partial charge is 0.191 e. The Balaban J connectivity index is 0.00000220. The Morgan fingerprint density at radius 1 is 1.24 bits per heavy atom. The van der Waals surface area contributed by atoms with Gasteiger partial charge >= 0.3 is 0 Å². The fraction of sp³-hybridized carbons (Fsp3) is 0.286. The quantitative estimate of drug-likeness (QED) is 0.444. The third-order valence-corrected chi connectivity index (χ3v) is 3.02. The maximum Gasteiger partial charge on any atom is 0.191 e.